The molecule has 0 atom stereocenters. The molecule has 4 aromatic rings. The summed E-state index contributed by atoms with van der Waals surface area (Å²) in [4.78, 5) is 3.73. The number of halogens is 7. The number of aromatic nitrogens is 4. The zero-order valence-electron chi connectivity index (χ0n) is 15.6. The van der Waals surface area contributed by atoms with Crippen molar-refractivity contribution in [2.45, 2.75) is 19.3 Å². The predicted octanol–water partition coefficient (Wildman–Crippen LogP) is 6.48. The van der Waals surface area contributed by atoms with Gasteiger partial charge in [0.15, 0.2) is 5.15 Å². The highest BCUT2D eigenvalue weighted by molar-refractivity contribution is 6.30. The molecule has 0 N–H and O–H groups in total. The molecule has 0 unspecified atom stereocenters. The quantitative estimate of drug-likeness (QED) is 0.324. The summed E-state index contributed by atoms with van der Waals surface area (Å²) in [6.07, 6.45) is -8.88. The molecule has 31 heavy (non-hydrogen) atoms. The maximum atomic E-state index is 13.4. The molecule has 0 bridgehead atoms. The highest BCUT2D eigenvalue weighted by Gasteiger charge is 2.39. The summed E-state index contributed by atoms with van der Waals surface area (Å²) in [5.41, 5.74) is -1.53. The summed E-state index contributed by atoms with van der Waals surface area (Å²) >= 11 is 5.86. The Bertz CT molecular complexity index is 1280. The van der Waals surface area contributed by atoms with Crippen LogP contribution in [0.5, 0.6) is 0 Å². The Labute approximate surface area is 176 Å². The molecule has 0 fully saturated rings. The van der Waals surface area contributed by atoms with Crippen molar-refractivity contribution in [3.8, 4) is 16.9 Å². The third-order valence-electron chi connectivity index (χ3n) is 4.65. The summed E-state index contributed by atoms with van der Waals surface area (Å²) in [6.45, 7) is 1.75. The molecule has 0 spiro atoms. The van der Waals surface area contributed by atoms with Crippen molar-refractivity contribution in [2.75, 3.05) is 0 Å². The minimum absolute atomic E-state index is 0.0737. The van der Waals surface area contributed by atoms with Crippen molar-refractivity contribution in [1.82, 2.24) is 19.7 Å². The van der Waals surface area contributed by atoms with E-state index in [9.17, 15) is 26.3 Å². The van der Waals surface area contributed by atoms with Gasteiger partial charge >= 0.3 is 12.4 Å². The van der Waals surface area contributed by atoms with Crippen LogP contribution in [-0.2, 0) is 12.4 Å². The van der Waals surface area contributed by atoms with Gasteiger partial charge in [-0.05, 0) is 42.8 Å². The maximum Gasteiger partial charge on any atom is 0.418 e. The first-order valence-corrected chi connectivity index (χ1v) is 9.09. The van der Waals surface area contributed by atoms with Crippen molar-refractivity contribution in [3.63, 3.8) is 0 Å². The number of nitrogens with zero attached hydrogens (tertiary/aromatic N) is 4. The largest absolute Gasteiger partial charge is 0.418 e. The second-order valence-corrected chi connectivity index (χ2v) is 7.11. The number of imidazole rings is 1. The van der Waals surface area contributed by atoms with Gasteiger partial charge in [0.1, 0.15) is 11.8 Å². The molecule has 0 aliphatic heterocycles. The predicted molar refractivity (Wildman–Crippen MR) is 102 cm³/mol. The molecule has 2 aromatic heterocycles. The topological polar surface area (TPSA) is 43.6 Å². The van der Waals surface area contributed by atoms with E-state index in [-0.39, 0.29) is 16.7 Å². The SMILES string of the molecule is Cc1cc(-c2ccc(-n3cnc4c(C(F)(F)F)cc(C(F)(F)F)cc43)cc2)nnc1Cl. The molecule has 0 aliphatic carbocycles. The van der Waals surface area contributed by atoms with Crippen LogP contribution >= 0.6 is 11.6 Å². The first kappa shape index (κ1) is 21.1. The van der Waals surface area contributed by atoms with E-state index in [1.54, 1.807) is 25.1 Å². The molecule has 0 aliphatic rings. The van der Waals surface area contributed by atoms with Gasteiger partial charge in [0, 0.05) is 11.3 Å². The molecule has 0 amide bonds. The van der Waals surface area contributed by atoms with E-state index < -0.39 is 29.0 Å². The Hall–Kier alpha value is -3.14. The highest BCUT2D eigenvalue weighted by Crippen LogP contribution is 2.40. The lowest BCUT2D eigenvalue weighted by molar-refractivity contribution is -0.142. The Kier molecular flexibility index (Phi) is 4.92. The van der Waals surface area contributed by atoms with E-state index in [0.717, 1.165) is 6.33 Å². The van der Waals surface area contributed by atoms with Crippen molar-refractivity contribution in [3.05, 3.63) is 70.6 Å². The average molecular weight is 457 g/mol. The van der Waals surface area contributed by atoms with Crippen molar-refractivity contribution in [1.29, 1.82) is 0 Å². The molecule has 160 valence electrons. The minimum Gasteiger partial charge on any atom is -0.299 e. The lowest BCUT2D eigenvalue weighted by atomic mass is 10.1. The van der Waals surface area contributed by atoms with Crippen molar-refractivity contribution >= 4 is 22.6 Å². The zero-order chi connectivity index (χ0) is 22.6. The molecule has 0 radical (unpaired) electrons. The van der Waals surface area contributed by atoms with Gasteiger partial charge in [-0.2, -0.15) is 26.3 Å². The maximum absolute atomic E-state index is 13.4. The second kappa shape index (κ2) is 7.23. The van der Waals surface area contributed by atoms with Gasteiger partial charge < -0.3 is 0 Å². The normalized spacial score (nSPS) is 12.5. The molecule has 0 saturated carbocycles. The number of aryl methyl sites for hydroxylation is 1. The highest BCUT2D eigenvalue weighted by atomic mass is 35.5. The summed E-state index contributed by atoms with van der Waals surface area (Å²) in [6, 6.07) is 8.75. The van der Waals surface area contributed by atoms with Crippen molar-refractivity contribution < 1.29 is 26.3 Å². The summed E-state index contributed by atoms with van der Waals surface area (Å²) in [5.74, 6) is 0. The van der Waals surface area contributed by atoms with E-state index in [0.29, 0.717) is 28.6 Å². The van der Waals surface area contributed by atoms with Gasteiger partial charge in [0.2, 0.25) is 0 Å². The number of benzene rings is 2. The lowest BCUT2D eigenvalue weighted by Gasteiger charge is -2.13. The van der Waals surface area contributed by atoms with Gasteiger partial charge in [0.05, 0.1) is 22.3 Å². The van der Waals surface area contributed by atoms with Crippen LogP contribution < -0.4 is 0 Å². The molecule has 2 heterocycles. The lowest BCUT2D eigenvalue weighted by Crippen LogP contribution is -2.11. The minimum atomic E-state index is -4.99. The van der Waals surface area contributed by atoms with E-state index in [4.69, 9.17) is 11.6 Å². The number of alkyl halides is 6. The van der Waals surface area contributed by atoms with Crippen LogP contribution in [0.2, 0.25) is 5.15 Å². The van der Waals surface area contributed by atoms with Crippen LogP contribution in [-0.4, -0.2) is 19.7 Å². The standard InChI is InChI=1S/C20H11ClF6N4/c1-10-6-15(29-30-18(10)21)11-2-4-13(5-3-11)31-9-28-17-14(20(25,26)27)7-12(8-16(17)31)19(22,23)24/h2-9H,1H3. The fraction of sp³-hybridized carbons (Fsp3) is 0.150. The first-order chi connectivity index (χ1) is 14.4. The van der Waals surface area contributed by atoms with Crippen LogP contribution in [0.25, 0.3) is 28.0 Å². The summed E-state index contributed by atoms with van der Waals surface area (Å²) < 4.78 is 80.9. The Balaban J connectivity index is 1.83. The van der Waals surface area contributed by atoms with Gasteiger partial charge in [0.25, 0.3) is 0 Å². The molecular formula is C20H11ClF6N4. The van der Waals surface area contributed by atoms with E-state index >= 15 is 0 Å². The van der Waals surface area contributed by atoms with Crippen LogP contribution in [0, 0.1) is 6.92 Å². The van der Waals surface area contributed by atoms with E-state index in [1.807, 2.05) is 0 Å². The number of hydrogen-bond acceptors (Lipinski definition) is 3. The summed E-state index contributed by atoms with van der Waals surface area (Å²) in [5, 5.41) is 8.05. The third kappa shape index (κ3) is 3.95. The number of hydrogen-bond donors (Lipinski definition) is 0. The first-order valence-electron chi connectivity index (χ1n) is 8.71. The smallest absolute Gasteiger partial charge is 0.299 e. The second-order valence-electron chi connectivity index (χ2n) is 6.75. The monoisotopic (exact) mass is 456 g/mol. The fourth-order valence-electron chi connectivity index (χ4n) is 3.11. The Morgan fingerprint density at radius 3 is 2.13 bits per heavy atom. The molecule has 0 saturated heterocycles. The molecule has 11 heteroatoms. The van der Waals surface area contributed by atoms with E-state index in [1.165, 1.54) is 16.7 Å². The van der Waals surface area contributed by atoms with Crippen LogP contribution in [0.4, 0.5) is 26.3 Å². The van der Waals surface area contributed by atoms with Gasteiger partial charge in [-0.3, -0.25) is 4.57 Å². The Morgan fingerprint density at radius 1 is 0.871 bits per heavy atom. The van der Waals surface area contributed by atoms with Crippen molar-refractivity contribution in [2.24, 2.45) is 0 Å². The molecule has 4 nitrogen and oxygen atoms in total. The van der Waals surface area contributed by atoms with E-state index in [2.05, 4.69) is 15.2 Å². The molecule has 4 rings (SSSR count). The Morgan fingerprint density at radius 2 is 1.55 bits per heavy atom. The summed E-state index contributed by atoms with van der Waals surface area (Å²) in [7, 11) is 0. The number of fused-ring (bicyclic) bond motifs is 1. The third-order valence-corrected chi connectivity index (χ3v) is 5.02. The van der Waals surface area contributed by atoms with Crippen LogP contribution in [0.15, 0.2) is 48.8 Å². The number of rotatable bonds is 2. The van der Waals surface area contributed by atoms with Gasteiger partial charge in [-0.1, -0.05) is 23.7 Å². The molecular weight excluding hydrogens is 446 g/mol. The van der Waals surface area contributed by atoms with Crippen LogP contribution in [0.1, 0.15) is 16.7 Å². The fourth-order valence-corrected chi connectivity index (χ4v) is 3.20. The zero-order valence-corrected chi connectivity index (χ0v) is 16.3. The van der Waals surface area contributed by atoms with Gasteiger partial charge in [-0.25, -0.2) is 4.98 Å². The molecule has 2 aromatic carbocycles. The van der Waals surface area contributed by atoms with Crippen LogP contribution in [0.3, 0.4) is 0 Å². The van der Waals surface area contributed by atoms with Gasteiger partial charge in [-0.15, -0.1) is 10.2 Å². The average Bonchev–Trinajstić information content (AvgIpc) is 3.12.